The number of hydrogen-bond donors (Lipinski definition) is 2. The third-order valence-electron chi connectivity index (χ3n) is 4.05. The maximum Gasteiger partial charge on any atom is 0.328 e. The van der Waals surface area contributed by atoms with Crippen LogP contribution in [0.2, 0.25) is 0 Å². The van der Waals surface area contributed by atoms with Gasteiger partial charge in [-0.1, -0.05) is 59.3 Å². The summed E-state index contributed by atoms with van der Waals surface area (Å²) in [5.41, 5.74) is 0. The number of ether oxygens (including phenoxy) is 1. The number of methoxy groups -OCH3 is 1. The highest BCUT2D eigenvalue weighted by atomic mass is 16.5. The van der Waals surface area contributed by atoms with Gasteiger partial charge < -0.3 is 15.4 Å². The minimum atomic E-state index is -0.660. The van der Waals surface area contributed by atoms with Gasteiger partial charge in [-0.25, -0.2) is 4.79 Å². The van der Waals surface area contributed by atoms with Gasteiger partial charge in [0.2, 0.25) is 11.8 Å². The van der Waals surface area contributed by atoms with Crippen LogP contribution in [-0.2, 0) is 19.1 Å². The van der Waals surface area contributed by atoms with Gasteiger partial charge in [-0.2, -0.15) is 0 Å². The van der Waals surface area contributed by atoms with Crippen LogP contribution in [0.25, 0.3) is 0 Å². The first-order valence-electron chi connectivity index (χ1n) is 9.47. The van der Waals surface area contributed by atoms with Crippen molar-refractivity contribution in [1.29, 1.82) is 0 Å². The number of unbranched alkanes of at least 4 members (excludes halogenated alkanes) is 5. The quantitative estimate of drug-likeness (QED) is 0.392. The van der Waals surface area contributed by atoms with Gasteiger partial charge in [0.1, 0.15) is 12.1 Å². The maximum atomic E-state index is 12.5. The van der Waals surface area contributed by atoms with E-state index in [0.29, 0.717) is 12.8 Å². The van der Waals surface area contributed by atoms with Crippen molar-refractivity contribution in [2.45, 2.75) is 91.1 Å². The fourth-order valence-electron chi connectivity index (χ4n) is 2.74. The Balaban J connectivity index is 4.61. The van der Waals surface area contributed by atoms with E-state index in [-0.39, 0.29) is 17.7 Å². The molecule has 0 saturated heterocycles. The second-order valence-corrected chi connectivity index (χ2v) is 7.02. The third kappa shape index (κ3) is 11.6. The molecule has 0 fully saturated rings. The molecule has 0 aromatic rings. The summed E-state index contributed by atoms with van der Waals surface area (Å²) in [5.74, 6) is -0.776. The van der Waals surface area contributed by atoms with Gasteiger partial charge in [0.15, 0.2) is 0 Å². The van der Waals surface area contributed by atoms with Crippen molar-refractivity contribution in [3.05, 3.63) is 0 Å². The summed E-state index contributed by atoms with van der Waals surface area (Å²) in [6.45, 7) is 7.52. The molecule has 0 aliphatic rings. The molecule has 2 N–H and O–H groups in total. The zero-order chi connectivity index (χ0) is 19.2. The van der Waals surface area contributed by atoms with Gasteiger partial charge >= 0.3 is 5.97 Å². The molecule has 0 spiro atoms. The Morgan fingerprint density at radius 3 is 2.04 bits per heavy atom. The second kappa shape index (κ2) is 13.7. The summed E-state index contributed by atoms with van der Waals surface area (Å²) in [5, 5.41) is 5.41. The smallest absolute Gasteiger partial charge is 0.328 e. The van der Waals surface area contributed by atoms with Crippen LogP contribution in [0, 0.1) is 5.92 Å². The van der Waals surface area contributed by atoms with E-state index >= 15 is 0 Å². The SMILES string of the molecule is CCCCCCCC[C@@H](NC(=O)[C@H](CC(C)C)NC(C)=O)C(=O)OC. The van der Waals surface area contributed by atoms with Gasteiger partial charge in [0.05, 0.1) is 7.11 Å². The van der Waals surface area contributed by atoms with E-state index < -0.39 is 18.1 Å². The second-order valence-electron chi connectivity index (χ2n) is 7.02. The van der Waals surface area contributed by atoms with Crippen LogP contribution in [-0.4, -0.2) is 37.0 Å². The summed E-state index contributed by atoms with van der Waals surface area (Å²) >= 11 is 0. The molecule has 0 heterocycles. The molecule has 25 heavy (non-hydrogen) atoms. The summed E-state index contributed by atoms with van der Waals surface area (Å²) in [6.07, 6.45) is 7.73. The van der Waals surface area contributed by atoms with Gasteiger partial charge in [0.25, 0.3) is 0 Å². The van der Waals surface area contributed by atoms with Gasteiger partial charge in [-0.15, -0.1) is 0 Å². The molecule has 6 nitrogen and oxygen atoms in total. The standard InChI is InChI=1S/C19H36N2O4/c1-6-7-8-9-10-11-12-16(19(24)25-5)21-18(23)17(13-14(2)3)20-15(4)22/h14,16-17H,6-13H2,1-5H3,(H,20,22)(H,21,23)/t16-,17+/m1/s1. The molecule has 0 saturated carbocycles. The average Bonchev–Trinajstić information content (AvgIpc) is 2.54. The number of esters is 1. The molecule has 2 amide bonds. The monoisotopic (exact) mass is 356 g/mol. The fraction of sp³-hybridized carbons (Fsp3) is 0.842. The van der Waals surface area contributed by atoms with Gasteiger partial charge in [-0.3, -0.25) is 9.59 Å². The van der Waals surface area contributed by atoms with Crippen molar-refractivity contribution in [2.24, 2.45) is 5.92 Å². The lowest BCUT2D eigenvalue weighted by atomic mass is 10.0. The highest BCUT2D eigenvalue weighted by Gasteiger charge is 2.26. The van der Waals surface area contributed by atoms with E-state index in [1.165, 1.54) is 33.3 Å². The Kier molecular flexibility index (Phi) is 12.8. The number of hydrogen-bond acceptors (Lipinski definition) is 4. The molecule has 0 rings (SSSR count). The number of amides is 2. The average molecular weight is 357 g/mol. The molecular weight excluding hydrogens is 320 g/mol. The molecule has 0 aliphatic carbocycles. The van der Waals surface area contributed by atoms with Crippen LogP contribution in [0.5, 0.6) is 0 Å². The zero-order valence-electron chi connectivity index (χ0n) is 16.5. The Morgan fingerprint density at radius 1 is 0.920 bits per heavy atom. The lowest BCUT2D eigenvalue weighted by Crippen LogP contribution is -2.51. The van der Waals surface area contributed by atoms with E-state index in [1.807, 2.05) is 13.8 Å². The van der Waals surface area contributed by atoms with Gasteiger partial charge in [0, 0.05) is 6.92 Å². The molecule has 2 atom stereocenters. The molecule has 0 bridgehead atoms. The van der Waals surface area contributed by atoms with E-state index in [2.05, 4.69) is 17.6 Å². The summed E-state index contributed by atoms with van der Waals surface area (Å²) in [7, 11) is 1.32. The number of nitrogens with one attached hydrogen (secondary N) is 2. The first-order chi connectivity index (χ1) is 11.8. The van der Waals surface area contributed by atoms with Crippen LogP contribution >= 0.6 is 0 Å². The van der Waals surface area contributed by atoms with Crippen molar-refractivity contribution in [3.8, 4) is 0 Å². The highest BCUT2D eigenvalue weighted by molar-refractivity contribution is 5.90. The van der Waals surface area contributed by atoms with Crippen LogP contribution in [0.3, 0.4) is 0 Å². The Morgan fingerprint density at radius 2 is 1.52 bits per heavy atom. The maximum absolute atomic E-state index is 12.5. The predicted molar refractivity (Wildman–Crippen MR) is 99.0 cm³/mol. The summed E-state index contributed by atoms with van der Waals surface area (Å²) < 4.78 is 4.81. The van der Waals surface area contributed by atoms with E-state index in [0.717, 1.165) is 19.3 Å². The van der Waals surface area contributed by atoms with Crippen molar-refractivity contribution >= 4 is 17.8 Å². The van der Waals surface area contributed by atoms with Crippen LogP contribution in [0.15, 0.2) is 0 Å². The van der Waals surface area contributed by atoms with E-state index in [1.54, 1.807) is 0 Å². The van der Waals surface area contributed by atoms with Gasteiger partial charge in [-0.05, 0) is 18.8 Å². The molecule has 0 unspecified atom stereocenters. The van der Waals surface area contributed by atoms with Crippen LogP contribution < -0.4 is 10.6 Å². The van der Waals surface area contributed by atoms with Crippen molar-refractivity contribution in [2.75, 3.05) is 7.11 Å². The number of carbonyl (C=O) groups is 3. The van der Waals surface area contributed by atoms with Crippen LogP contribution in [0.4, 0.5) is 0 Å². The molecule has 0 aromatic heterocycles. The van der Waals surface area contributed by atoms with Crippen molar-refractivity contribution in [3.63, 3.8) is 0 Å². The van der Waals surface area contributed by atoms with Crippen LogP contribution in [0.1, 0.15) is 79.1 Å². The Bertz CT molecular complexity index is 410. The lowest BCUT2D eigenvalue weighted by molar-refractivity contribution is -0.145. The topological polar surface area (TPSA) is 84.5 Å². The van der Waals surface area contributed by atoms with E-state index in [9.17, 15) is 14.4 Å². The lowest BCUT2D eigenvalue weighted by Gasteiger charge is -2.23. The molecule has 146 valence electrons. The Labute approximate surface area is 152 Å². The molecule has 0 aromatic carbocycles. The van der Waals surface area contributed by atoms with Crippen molar-refractivity contribution < 1.29 is 19.1 Å². The third-order valence-corrected chi connectivity index (χ3v) is 4.05. The largest absolute Gasteiger partial charge is 0.467 e. The van der Waals surface area contributed by atoms with Crippen molar-refractivity contribution in [1.82, 2.24) is 10.6 Å². The first kappa shape index (κ1) is 23.4. The summed E-state index contributed by atoms with van der Waals surface area (Å²) in [4.78, 5) is 35.8. The summed E-state index contributed by atoms with van der Waals surface area (Å²) in [6, 6.07) is -1.29. The molecule has 6 heteroatoms. The highest BCUT2D eigenvalue weighted by Crippen LogP contribution is 2.11. The predicted octanol–water partition coefficient (Wildman–Crippen LogP) is 2.95. The van der Waals surface area contributed by atoms with E-state index in [4.69, 9.17) is 4.74 Å². The minimum Gasteiger partial charge on any atom is -0.467 e. The molecule has 0 aliphatic heterocycles. The Hall–Kier alpha value is -1.59. The fourth-order valence-corrected chi connectivity index (χ4v) is 2.74. The minimum absolute atomic E-state index is 0.248. The number of carbonyl (C=O) groups excluding carboxylic acids is 3. The first-order valence-corrected chi connectivity index (χ1v) is 9.47. The molecular formula is C19H36N2O4. The normalized spacial score (nSPS) is 13.2. The molecule has 0 radical (unpaired) electrons. The number of rotatable bonds is 13. The zero-order valence-corrected chi connectivity index (χ0v) is 16.5.